The summed E-state index contributed by atoms with van der Waals surface area (Å²) in [7, 11) is 4.83. The molecule has 1 aromatic heterocycles. The number of methoxy groups -OCH3 is 3. The van der Waals surface area contributed by atoms with E-state index >= 15 is 0 Å². The fourth-order valence-corrected chi connectivity index (χ4v) is 2.41. The quantitative estimate of drug-likeness (QED) is 0.794. The number of benzene rings is 2. The van der Waals surface area contributed by atoms with Crippen molar-refractivity contribution in [2.45, 2.75) is 0 Å². The fraction of sp³-hybridized carbons (Fsp3) is 0.176. The highest BCUT2D eigenvalue weighted by Crippen LogP contribution is 2.41. The highest BCUT2D eigenvalue weighted by atomic mass is 16.5. The summed E-state index contributed by atoms with van der Waals surface area (Å²) in [5, 5.41) is 1.06. The maximum atomic E-state index is 5.39. The number of hydrogen-bond donors (Lipinski definition) is 1. The van der Waals surface area contributed by atoms with Gasteiger partial charge in [-0.05, 0) is 29.3 Å². The zero-order chi connectivity index (χ0) is 14.8. The van der Waals surface area contributed by atoms with Crippen LogP contribution in [0.15, 0.2) is 36.5 Å². The Morgan fingerprint density at radius 1 is 0.857 bits per heavy atom. The Labute approximate surface area is 123 Å². The molecular formula is C17H16NO3. The van der Waals surface area contributed by atoms with E-state index in [9.17, 15) is 0 Å². The molecule has 0 bridgehead atoms. The molecule has 3 aromatic rings. The molecule has 0 aliphatic rings. The second-order valence-electron chi connectivity index (χ2n) is 4.61. The van der Waals surface area contributed by atoms with Crippen LogP contribution in [0.5, 0.6) is 17.2 Å². The molecule has 0 aliphatic carbocycles. The molecule has 4 nitrogen and oxygen atoms in total. The summed E-state index contributed by atoms with van der Waals surface area (Å²) in [5.74, 6) is 1.88. The van der Waals surface area contributed by atoms with Crippen LogP contribution in [0.2, 0.25) is 0 Å². The predicted molar refractivity (Wildman–Crippen MR) is 82.2 cm³/mol. The second-order valence-corrected chi connectivity index (χ2v) is 4.61. The van der Waals surface area contributed by atoms with E-state index in [1.54, 1.807) is 21.3 Å². The lowest BCUT2D eigenvalue weighted by Crippen LogP contribution is -1.95. The Bertz CT molecular complexity index is 752. The average molecular weight is 282 g/mol. The molecule has 0 saturated carbocycles. The number of H-pyrrole nitrogens is 1. The smallest absolute Gasteiger partial charge is 0.203 e. The second kappa shape index (κ2) is 5.40. The number of ether oxygens (including phenoxy) is 3. The molecule has 0 fully saturated rings. The summed E-state index contributed by atoms with van der Waals surface area (Å²) in [4.78, 5) is 3.17. The van der Waals surface area contributed by atoms with Crippen molar-refractivity contribution in [3.05, 3.63) is 42.6 Å². The number of aromatic amines is 1. The first kappa shape index (κ1) is 13.4. The zero-order valence-corrected chi connectivity index (χ0v) is 12.2. The summed E-state index contributed by atoms with van der Waals surface area (Å²) in [6.45, 7) is 0. The van der Waals surface area contributed by atoms with Crippen molar-refractivity contribution in [1.29, 1.82) is 0 Å². The Morgan fingerprint density at radius 2 is 1.57 bits per heavy atom. The van der Waals surface area contributed by atoms with Crippen LogP contribution in [0.25, 0.3) is 22.0 Å². The third-order valence-electron chi connectivity index (χ3n) is 3.47. The Hall–Kier alpha value is -2.62. The molecule has 0 unspecified atom stereocenters. The normalized spacial score (nSPS) is 10.6. The number of fused-ring (bicyclic) bond motifs is 1. The van der Waals surface area contributed by atoms with Crippen LogP contribution < -0.4 is 14.2 Å². The molecule has 4 heteroatoms. The van der Waals surface area contributed by atoms with Gasteiger partial charge in [-0.3, -0.25) is 0 Å². The Balaban J connectivity index is 2.16. The van der Waals surface area contributed by atoms with Gasteiger partial charge in [0.15, 0.2) is 11.5 Å². The molecule has 0 amide bonds. The van der Waals surface area contributed by atoms with Gasteiger partial charge >= 0.3 is 0 Å². The molecule has 107 valence electrons. The lowest BCUT2D eigenvalue weighted by Gasteiger charge is -2.14. The minimum absolute atomic E-state index is 0.595. The van der Waals surface area contributed by atoms with Crippen LogP contribution in [-0.2, 0) is 0 Å². The fourth-order valence-electron chi connectivity index (χ4n) is 2.41. The van der Waals surface area contributed by atoms with Crippen LogP contribution in [0, 0.1) is 6.07 Å². The maximum Gasteiger partial charge on any atom is 0.203 e. The molecule has 0 atom stereocenters. The van der Waals surface area contributed by atoms with Gasteiger partial charge in [0.05, 0.1) is 21.3 Å². The van der Waals surface area contributed by atoms with Crippen LogP contribution in [0.4, 0.5) is 0 Å². The molecule has 0 spiro atoms. The van der Waals surface area contributed by atoms with Crippen molar-refractivity contribution in [2.75, 3.05) is 21.3 Å². The van der Waals surface area contributed by atoms with E-state index in [1.165, 1.54) is 0 Å². The molecule has 1 radical (unpaired) electrons. The number of rotatable bonds is 4. The highest BCUT2D eigenvalue weighted by Gasteiger charge is 2.14. The average Bonchev–Trinajstić information content (AvgIpc) is 3.00. The van der Waals surface area contributed by atoms with Gasteiger partial charge in [0, 0.05) is 23.2 Å². The van der Waals surface area contributed by atoms with E-state index in [2.05, 4.69) is 17.1 Å². The van der Waals surface area contributed by atoms with Gasteiger partial charge in [0.1, 0.15) is 0 Å². The van der Waals surface area contributed by atoms with Crippen LogP contribution in [0.3, 0.4) is 0 Å². The lowest BCUT2D eigenvalue weighted by molar-refractivity contribution is 0.324. The third kappa shape index (κ3) is 2.29. The molecule has 0 aliphatic heterocycles. The molecule has 1 N–H and O–H groups in total. The first-order chi connectivity index (χ1) is 10.3. The molecular weight excluding hydrogens is 266 g/mol. The van der Waals surface area contributed by atoms with Gasteiger partial charge in [0.25, 0.3) is 0 Å². The third-order valence-corrected chi connectivity index (χ3v) is 3.47. The van der Waals surface area contributed by atoms with Crippen molar-refractivity contribution < 1.29 is 14.2 Å². The van der Waals surface area contributed by atoms with E-state index in [1.807, 2.05) is 30.5 Å². The van der Waals surface area contributed by atoms with Gasteiger partial charge in [-0.1, -0.05) is 12.1 Å². The van der Waals surface area contributed by atoms with Crippen LogP contribution in [0.1, 0.15) is 0 Å². The van der Waals surface area contributed by atoms with Gasteiger partial charge in [-0.2, -0.15) is 0 Å². The summed E-state index contributed by atoms with van der Waals surface area (Å²) in [5.41, 5.74) is 3.11. The Kier molecular flexibility index (Phi) is 3.44. The molecule has 0 saturated heterocycles. The van der Waals surface area contributed by atoms with Crippen molar-refractivity contribution in [1.82, 2.24) is 4.98 Å². The van der Waals surface area contributed by atoms with Gasteiger partial charge < -0.3 is 19.2 Å². The lowest BCUT2D eigenvalue weighted by atomic mass is 10.0. The molecule has 1 heterocycles. The summed E-state index contributed by atoms with van der Waals surface area (Å²) in [6.07, 6.45) is 1.81. The minimum Gasteiger partial charge on any atom is -0.493 e. The minimum atomic E-state index is 0.595. The standard InChI is InChI=1S/C17H16NO3/c1-19-15-9-13(10-16(20-2)17(15)21-3)12-5-4-11-6-7-18-14(11)8-12/h4-5,7-10,18H,1-3H3. The van der Waals surface area contributed by atoms with E-state index in [0.29, 0.717) is 17.2 Å². The zero-order valence-electron chi connectivity index (χ0n) is 12.2. The first-order valence-corrected chi connectivity index (χ1v) is 6.56. The van der Waals surface area contributed by atoms with Crippen LogP contribution in [-0.4, -0.2) is 26.3 Å². The van der Waals surface area contributed by atoms with Gasteiger partial charge in [-0.25, -0.2) is 0 Å². The molecule has 2 aromatic carbocycles. The molecule has 3 rings (SSSR count). The van der Waals surface area contributed by atoms with E-state index in [0.717, 1.165) is 22.0 Å². The predicted octanol–water partition coefficient (Wildman–Crippen LogP) is 3.66. The summed E-state index contributed by atoms with van der Waals surface area (Å²) in [6, 6.07) is 13.2. The van der Waals surface area contributed by atoms with Crippen molar-refractivity contribution in [3.8, 4) is 28.4 Å². The van der Waals surface area contributed by atoms with Crippen molar-refractivity contribution in [3.63, 3.8) is 0 Å². The number of nitrogens with one attached hydrogen (secondary N) is 1. The van der Waals surface area contributed by atoms with E-state index in [-0.39, 0.29) is 0 Å². The monoisotopic (exact) mass is 282 g/mol. The largest absolute Gasteiger partial charge is 0.493 e. The number of aromatic nitrogens is 1. The van der Waals surface area contributed by atoms with Gasteiger partial charge in [0.2, 0.25) is 5.75 Å². The van der Waals surface area contributed by atoms with E-state index < -0.39 is 0 Å². The SMILES string of the molecule is COc1cc(-c2ccc3[c]c[nH]c3c2)cc(OC)c1OC. The summed E-state index contributed by atoms with van der Waals surface area (Å²) >= 11 is 0. The molecule has 21 heavy (non-hydrogen) atoms. The highest BCUT2D eigenvalue weighted by molar-refractivity contribution is 5.85. The van der Waals surface area contributed by atoms with Crippen LogP contribution >= 0.6 is 0 Å². The van der Waals surface area contributed by atoms with Crippen molar-refractivity contribution in [2.24, 2.45) is 0 Å². The van der Waals surface area contributed by atoms with Crippen molar-refractivity contribution >= 4 is 10.9 Å². The number of hydrogen-bond acceptors (Lipinski definition) is 3. The first-order valence-electron chi connectivity index (χ1n) is 6.56. The maximum absolute atomic E-state index is 5.39. The Morgan fingerprint density at radius 3 is 2.19 bits per heavy atom. The van der Waals surface area contributed by atoms with Gasteiger partial charge in [-0.15, -0.1) is 0 Å². The van der Waals surface area contributed by atoms with E-state index in [4.69, 9.17) is 14.2 Å². The topological polar surface area (TPSA) is 43.5 Å². The summed E-state index contributed by atoms with van der Waals surface area (Å²) < 4.78 is 16.1.